The first-order valence-corrected chi connectivity index (χ1v) is 14.7. The Morgan fingerprint density at radius 2 is 1.84 bits per heavy atom. The molecule has 0 unspecified atom stereocenters. The van der Waals surface area contributed by atoms with Crippen LogP contribution >= 0.6 is 11.3 Å². The summed E-state index contributed by atoms with van der Waals surface area (Å²) < 4.78 is 30.7. The molecule has 43 heavy (non-hydrogen) atoms. The van der Waals surface area contributed by atoms with Crippen molar-refractivity contribution >= 4 is 34.9 Å². The summed E-state index contributed by atoms with van der Waals surface area (Å²) in [4.78, 5) is 41.5. The first-order chi connectivity index (χ1) is 20.4. The monoisotopic (exact) mass is 609 g/mol. The van der Waals surface area contributed by atoms with E-state index in [0.717, 1.165) is 21.6 Å². The van der Waals surface area contributed by atoms with Gasteiger partial charge in [-0.15, -0.1) is 11.3 Å². The summed E-state index contributed by atoms with van der Waals surface area (Å²) in [6.07, 6.45) is -1.16. The van der Waals surface area contributed by atoms with E-state index in [2.05, 4.69) is 35.3 Å². The molecule has 2 aromatic carbocycles. The predicted molar refractivity (Wildman–Crippen MR) is 159 cm³/mol. The second-order valence-electron chi connectivity index (χ2n) is 11.3. The number of ether oxygens (including phenoxy) is 1. The lowest BCUT2D eigenvalue weighted by Gasteiger charge is -2.25. The summed E-state index contributed by atoms with van der Waals surface area (Å²) in [7, 11) is 0. The van der Waals surface area contributed by atoms with Crippen LogP contribution < -0.4 is 16.4 Å². The van der Waals surface area contributed by atoms with Gasteiger partial charge >= 0.3 is 6.61 Å². The minimum atomic E-state index is -3.06. The molecular weight excluding hydrogens is 576 g/mol. The van der Waals surface area contributed by atoms with Gasteiger partial charge in [0, 0.05) is 39.8 Å². The van der Waals surface area contributed by atoms with Crippen molar-refractivity contribution < 1.29 is 27.9 Å². The summed E-state index contributed by atoms with van der Waals surface area (Å²) in [5.41, 5.74) is 10.5. The van der Waals surface area contributed by atoms with Crippen molar-refractivity contribution in [1.29, 1.82) is 5.41 Å². The first-order valence-electron chi connectivity index (χ1n) is 13.9. The molecule has 0 saturated carbocycles. The van der Waals surface area contributed by atoms with Crippen LogP contribution in [0.15, 0.2) is 53.9 Å². The molecule has 12 heteroatoms. The summed E-state index contributed by atoms with van der Waals surface area (Å²) in [5.74, 6) is -1.70. The smallest absolute Gasteiger partial charge is 0.345 e. The number of nitrogen functional groups attached to an aromatic ring is 1. The zero-order valence-electron chi connectivity index (χ0n) is 23.9. The molecule has 226 valence electrons. The Morgan fingerprint density at radius 3 is 2.53 bits per heavy atom. The van der Waals surface area contributed by atoms with Crippen molar-refractivity contribution in [2.24, 2.45) is 5.73 Å². The fourth-order valence-corrected chi connectivity index (χ4v) is 6.80. The third kappa shape index (κ3) is 6.02. The van der Waals surface area contributed by atoms with Crippen LogP contribution in [0.5, 0.6) is 0 Å². The van der Waals surface area contributed by atoms with E-state index in [-0.39, 0.29) is 24.2 Å². The third-order valence-corrected chi connectivity index (χ3v) is 9.26. The molecule has 0 radical (unpaired) electrons. The van der Waals surface area contributed by atoms with Gasteiger partial charge in [-0.2, -0.15) is 8.78 Å². The number of nitrogens with two attached hydrogens (primary N) is 1. The minimum Gasteiger partial charge on any atom is -0.384 e. The molecule has 9 nitrogen and oxygen atoms in total. The van der Waals surface area contributed by atoms with E-state index >= 15 is 0 Å². The van der Waals surface area contributed by atoms with Crippen LogP contribution in [0.25, 0.3) is 11.1 Å². The second kappa shape index (κ2) is 11.8. The zero-order chi connectivity index (χ0) is 31.1. The topological polar surface area (TPSA) is 138 Å². The van der Waals surface area contributed by atoms with Gasteiger partial charge in [0.1, 0.15) is 11.9 Å². The number of hydrogen-bond acceptors (Lipinski definition) is 6. The summed E-state index contributed by atoms with van der Waals surface area (Å²) in [6.45, 7) is 2.30. The Balaban J connectivity index is 1.27. The van der Waals surface area contributed by atoms with Gasteiger partial charge in [-0.3, -0.25) is 19.8 Å². The molecule has 1 aromatic heterocycles. The number of nitrogens with zero attached hydrogens (tertiary/aromatic N) is 1. The highest BCUT2D eigenvalue weighted by molar-refractivity contribution is 7.10. The molecule has 1 fully saturated rings. The van der Waals surface area contributed by atoms with E-state index in [0.29, 0.717) is 11.1 Å². The standard InChI is InChI=1S/C31H33F2N5O4S/c1-16(25-11-18(15-43-25)27(34)35)37-29(41)24-12-19(42-30(32)33)14-38(24)26(39)13-36-28(40)17-8-9-23-21(10-17)20-6-4-5-7-22(20)31(23,2)3/h4-11,15-16,19,24,30H,12-14H2,1-3H3,(H3,34,35)(H,36,40)(H,37,41)/t16-,19-,24+/m1/s1. The maximum atomic E-state index is 13.3. The van der Waals surface area contributed by atoms with Crippen molar-refractivity contribution in [2.75, 3.05) is 13.1 Å². The normalized spacial score (nSPS) is 19.1. The molecule has 5 N–H and O–H groups in total. The van der Waals surface area contributed by atoms with Crippen LogP contribution in [-0.4, -0.2) is 60.3 Å². The quantitative estimate of drug-likeness (QED) is 0.213. The Labute approximate surface area is 251 Å². The van der Waals surface area contributed by atoms with Gasteiger partial charge in [-0.25, -0.2) is 0 Å². The van der Waals surface area contributed by atoms with E-state index in [4.69, 9.17) is 11.1 Å². The molecule has 1 saturated heterocycles. The van der Waals surface area contributed by atoms with Crippen LogP contribution in [0.4, 0.5) is 8.78 Å². The van der Waals surface area contributed by atoms with Crippen LogP contribution in [0, 0.1) is 5.41 Å². The van der Waals surface area contributed by atoms with Gasteiger partial charge in [0.2, 0.25) is 11.8 Å². The maximum absolute atomic E-state index is 13.3. The molecule has 1 aliphatic heterocycles. The maximum Gasteiger partial charge on any atom is 0.345 e. The number of fused-ring (bicyclic) bond motifs is 3. The molecule has 2 aliphatic rings. The summed E-state index contributed by atoms with van der Waals surface area (Å²) in [6, 6.07) is 13.6. The van der Waals surface area contributed by atoms with Gasteiger partial charge in [-0.1, -0.05) is 44.2 Å². The fraction of sp³-hybridized carbons (Fsp3) is 0.355. The van der Waals surface area contributed by atoms with Gasteiger partial charge in [0.05, 0.1) is 18.7 Å². The van der Waals surface area contributed by atoms with Crippen LogP contribution in [0.1, 0.15) is 65.2 Å². The number of amides is 3. The van der Waals surface area contributed by atoms with E-state index in [1.165, 1.54) is 21.8 Å². The lowest BCUT2D eigenvalue weighted by Crippen LogP contribution is -2.49. The number of likely N-dealkylation sites (tertiary alicyclic amines) is 1. The van der Waals surface area contributed by atoms with Gasteiger partial charge < -0.3 is 26.0 Å². The average Bonchev–Trinajstić information content (AvgIpc) is 3.68. The van der Waals surface area contributed by atoms with Gasteiger partial charge in [-0.05, 0) is 47.4 Å². The number of benzene rings is 2. The Kier molecular flexibility index (Phi) is 8.35. The van der Waals surface area contributed by atoms with E-state index < -0.39 is 49.1 Å². The molecular formula is C31H33F2N5O4S. The summed E-state index contributed by atoms with van der Waals surface area (Å²) in [5, 5.41) is 14.7. The number of nitrogens with one attached hydrogen (secondary N) is 3. The third-order valence-electron chi connectivity index (χ3n) is 8.14. The van der Waals surface area contributed by atoms with E-state index in [1.54, 1.807) is 24.4 Å². The molecule has 0 bridgehead atoms. The predicted octanol–water partition coefficient (Wildman–Crippen LogP) is 4.15. The van der Waals surface area contributed by atoms with E-state index in [9.17, 15) is 23.2 Å². The lowest BCUT2D eigenvalue weighted by molar-refractivity contribution is -0.160. The first kappa shape index (κ1) is 30.3. The highest BCUT2D eigenvalue weighted by atomic mass is 32.1. The lowest BCUT2D eigenvalue weighted by atomic mass is 9.82. The van der Waals surface area contributed by atoms with Gasteiger partial charge in [0.15, 0.2) is 0 Å². The highest BCUT2D eigenvalue weighted by Crippen LogP contribution is 2.48. The van der Waals surface area contributed by atoms with Crippen LogP contribution in [0.3, 0.4) is 0 Å². The van der Waals surface area contributed by atoms with Crippen LogP contribution in [0.2, 0.25) is 0 Å². The Hall–Kier alpha value is -4.16. The fourth-order valence-electron chi connectivity index (χ4n) is 5.89. The van der Waals surface area contributed by atoms with Crippen molar-refractivity contribution in [2.45, 2.75) is 57.4 Å². The number of alkyl halides is 2. The molecule has 3 aromatic rings. The number of hydrogen-bond donors (Lipinski definition) is 4. The molecule has 1 aliphatic carbocycles. The SMILES string of the molecule is C[C@@H](NC(=O)[C@@H]1C[C@@H](OC(F)F)CN1C(=O)CNC(=O)c1ccc2c(c1)-c1ccccc1C2(C)C)c1cc(C(=N)N)cs1. The molecule has 3 atom stereocenters. The van der Waals surface area contributed by atoms with Crippen molar-refractivity contribution in [3.8, 4) is 11.1 Å². The number of thiophene rings is 1. The Bertz CT molecular complexity index is 1590. The van der Waals surface area contributed by atoms with Gasteiger partial charge in [0.25, 0.3) is 5.91 Å². The van der Waals surface area contributed by atoms with Crippen molar-refractivity contribution in [3.63, 3.8) is 0 Å². The number of amidine groups is 1. The van der Waals surface area contributed by atoms with Crippen LogP contribution in [-0.2, 0) is 19.7 Å². The number of carbonyl (C=O) groups excluding carboxylic acids is 3. The molecule has 5 rings (SSSR count). The molecule has 2 heterocycles. The summed E-state index contributed by atoms with van der Waals surface area (Å²) >= 11 is 1.31. The van der Waals surface area contributed by atoms with Crippen molar-refractivity contribution in [1.82, 2.24) is 15.5 Å². The Morgan fingerprint density at radius 1 is 1.12 bits per heavy atom. The average molecular weight is 610 g/mol. The largest absolute Gasteiger partial charge is 0.384 e. The second-order valence-corrected chi connectivity index (χ2v) is 12.3. The minimum absolute atomic E-state index is 0.101. The number of carbonyl (C=O) groups is 3. The molecule has 0 spiro atoms. The highest BCUT2D eigenvalue weighted by Gasteiger charge is 2.41. The molecule has 3 amide bonds. The number of rotatable bonds is 9. The van der Waals surface area contributed by atoms with E-state index in [1.807, 2.05) is 30.3 Å². The number of halogens is 2. The zero-order valence-corrected chi connectivity index (χ0v) is 24.8. The van der Waals surface area contributed by atoms with Crippen molar-refractivity contribution in [3.05, 3.63) is 81.0 Å².